The van der Waals surface area contributed by atoms with Crippen LogP contribution in [0, 0.1) is 0 Å². The van der Waals surface area contributed by atoms with Gasteiger partial charge in [-0.25, -0.2) is 0 Å². The molecular formula is C17H20N2O2. The van der Waals surface area contributed by atoms with Crippen LogP contribution in [0.25, 0.3) is 0 Å². The highest BCUT2D eigenvalue weighted by Gasteiger charge is 2.03. The van der Waals surface area contributed by atoms with Gasteiger partial charge in [-0.05, 0) is 42.2 Å². The van der Waals surface area contributed by atoms with Gasteiger partial charge in [0.05, 0.1) is 13.5 Å². The number of hydrogen-bond acceptors (Lipinski definition) is 3. The van der Waals surface area contributed by atoms with E-state index in [9.17, 15) is 4.79 Å². The Hall–Kier alpha value is -2.36. The van der Waals surface area contributed by atoms with Crippen molar-refractivity contribution >= 4 is 5.91 Å². The van der Waals surface area contributed by atoms with Crippen molar-refractivity contribution < 1.29 is 9.53 Å². The van der Waals surface area contributed by atoms with Crippen LogP contribution in [0.2, 0.25) is 0 Å². The average Bonchev–Trinajstić information content (AvgIpc) is 2.53. The van der Waals surface area contributed by atoms with Crippen LogP contribution in [-0.2, 0) is 17.6 Å². The molecule has 4 nitrogen and oxygen atoms in total. The quantitative estimate of drug-likeness (QED) is 0.794. The van der Waals surface area contributed by atoms with Crippen molar-refractivity contribution in [2.24, 2.45) is 0 Å². The standard InChI is InChI=1S/C17H20N2O2/c1-21-16-8-6-14(7-9-16)12-17(20)19-11-3-5-15-4-2-10-18-13-15/h2,4,6-10,13H,3,5,11-12H2,1H3,(H,19,20). The molecule has 0 unspecified atom stereocenters. The molecule has 0 saturated carbocycles. The monoisotopic (exact) mass is 284 g/mol. The summed E-state index contributed by atoms with van der Waals surface area (Å²) in [7, 11) is 1.63. The number of pyridine rings is 1. The number of hydrogen-bond donors (Lipinski definition) is 1. The van der Waals surface area contributed by atoms with Crippen LogP contribution in [-0.4, -0.2) is 24.5 Å². The Kier molecular flexibility index (Phi) is 5.76. The molecule has 0 spiro atoms. The van der Waals surface area contributed by atoms with Gasteiger partial charge in [-0.3, -0.25) is 9.78 Å². The number of carbonyl (C=O) groups is 1. The Morgan fingerprint density at radius 2 is 2.00 bits per heavy atom. The van der Waals surface area contributed by atoms with Crippen molar-refractivity contribution in [3.8, 4) is 5.75 Å². The van der Waals surface area contributed by atoms with Crippen molar-refractivity contribution in [2.75, 3.05) is 13.7 Å². The van der Waals surface area contributed by atoms with Gasteiger partial charge < -0.3 is 10.1 Å². The summed E-state index contributed by atoms with van der Waals surface area (Å²) in [6.45, 7) is 0.684. The highest BCUT2D eigenvalue weighted by molar-refractivity contribution is 5.78. The second kappa shape index (κ2) is 8.04. The molecule has 0 fully saturated rings. The molecule has 1 amide bonds. The molecule has 2 rings (SSSR count). The maximum Gasteiger partial charge on any atom is 0.224 e. The summed E-state index contributed by atoms with van der Waals surface area (Å²) >= 11 is 0. The van der Waals surface area contributed by atoms with Gasteiger partial charge >= 0.3 is 0 Å². The Balaban J connectivity index is 1.67. The van der Waals surface area contributed by atoms with E-state index in [2.05, 4.69) is 10.3 Å². The normalized spacial score (nSPS) is 10.1. The topological polar surface area (TPSA) is 51.2 Å². The van der Waals surface area contributed by atoms with Gasteiger partial charge in [-0.2, -0.15) is 0 Å². The van der Waals surface area contributed by atoms with Crippen molar-refractivity contribution in [1.82, 2.24) is 10.3 Å². The number of ether oxygens (including phenoxy) is 1. The highest BCUT2D eigenvalue weighted by Crippen LogP contribution is 2.11. The second-order valence-electron chi connectivity index (χ2n) is 4.84. The van der Waals surface area contributed by atoms with E-state index in [0.29, 0.717) is 13.0 Å². The molecule has 4 heteroatoms. The maximum atomic E-state index is 11.8. The third kappa shape index (κ3) is 5.26. The van der Waals surface area contributed by atoms with Crippen molar-refractivity contribution in [1.29, 1.82) is 0 Å². The molecule has 1 aromatic heterocycles. The van der Waals surface area contributed by atoms with E-state index in [1.54, 1.807) is 13.3 Å². The van der Waals surface area contributed by atoms with Crippen LogP contribution in [0.15, 0.2) is 48.8 Å². The lowest BCUT2D eigenvalue weighted by Crippen LogP contribution is -2.26. The van der Waals surface area contributed by atoms with Crippen LogP contribution in [0.1, 0.15) is 17.5 Å². The van der Waals surface area contributed by atoms with E-state index >= 15 is 0 Å². The first kappa shape index (κ1) is 15.0. The Morgan fingerprint density at radius 1 is 1.19 bits per heavy atom. The Labute approximate surface area is 125 Å². The van der Waals surface area contributed by atoms with Crippen LogP contribution >= 0.6 is 0 Å². The number of amides is 1. The SMILES string of the molecule is COc1ccc(CC(=O)NCCCc2cccnc2)cc1. The molecular weight excluding hydrogens is 264 g/mol. The molecule has 0 aliphatic carbocycles. The zero-order valence-electron chi connectivity index (χ0n) is 12.2. The summed E-state index contributed by atoms with van der Waals surface area (Å²) in [5.74, 6) is 0.849. The molecule has 2 aromatic rings. The molecule has 110 valence electrons. The first-order valence-electron chi connectivity index (χ1n) is 7.06. The molecule has 21 heavy (non-hydrogen) atoms. The number of carbonyl (C=O) groups excluding carboxylic acids is 1. The number of benzene rings is 1. The fraction of sp³-hybridized carbons (Fsp3) is 0.294. The van der Waals surface area contributed by atoms with Gasteiger partial charge in [0.1, 0.15) is 5.75 Å². The lowest BCUT2D eigenvalue weighted by molar-refractivity contribution is -0.120. The van der Waals surface area contributed by atoms with E-state index < -0.39 is 0 Å². The van der Waals surface area contributed by atoms with Gasteiger partial charge in [0, 0.05) is 18.9 Å². The fourth-order valence-corrected chi connectivity index (χ4v) is 2.06. The third-order valence-electron chi connectivity index (χ3n) is 3.21. The first-order chi connectivity index (χ1) is 10.3. The van der Waals surface area contributed by atoms with Crippen LogP contribution in [0.4, 0.5) is 0 Å². The smallest absolute Gasteiger partial charge is 0.224 e. The Bertz CT molecular complexity index is 553. The molecule has 0 radical (unpaired) electrons. The number of aromatic nitrogens is 1. The van der Waals surface area contributed by atoms with Crippen LogP contribution in [0.5, 0.6) is 5.75 Å². The summed E-state index contributed by atoms with van der Waals surface area (Å²) in [6.07, 6.45) is 5.87. The maximum absolute atomic E-state index is 11.8. The Morgan fingerprint density at radius 3 is 2.67 bits per heavy atom. The minimum absolute atomic E-state index is 0.0475. The van der Waals surface area contributed by atoms with Crippen molar-refractivity contribution in [2.45, 2.75) is 19.3 Å². The second-order valence-corrected chi connectivity index (χ2v) is 4.84. The van der Waals surface area contributed by atoms with E-state index in [4.69, 9.17) is 4.74 Å². The van der Waals surface area contributed by atoms with E-state index in [1.165, 1.54) is 5.56 Å². The lowest BCUT2D eigenvalue weighted by Gasteiger charge is -2.06. The van der Waals surface area contributed by atoms with E-state index in [-0.39, 0.29) is 5.91 Å². The van der Waals surface area contributed by atoms with Gasteiger partial charge in [0.15, 0.2) is 0 Å². The molecule has 1 N–H and O–H groups in total. The van der Waals surface area contributed by atoms with Gasteiger partial charge in [0.25, 0.3) is 0 Å². The fourth-order valence-electron chi connectivity index (χ4n) is 2.06. The minimum atomic E-state index is 0.0475. The van der Waals surface area contributed by atoms with Crippen LogP contribution in [0.3, 0.4) is 0 Å². The molecule has 0 saturated heterocycles. The van der Waals surface area contributed by atoms with E-state index in [0.717, 1.165) is 24.2 Å². The summed E-state index contributed by atoms with van der Waals surface area (Å²) in [6, 6.07) is 11.5. The van der Waals surface area contributed by atoms with Crippen molar-refractivity contribution in [3.63, 3.8) is 0 Å². The predicted octanol–water partition coefficient (Wildman–Crippen LogP) is 2.38. The molecule has 0 aliphatic rings. The number of nitrogens with one attached hydrogen (secondary N) is 1. The number of rotatable bonds is 7. The number of methoxy groups -OCH3 is 1. The van der Waals surface area contributed by atoms with Crippen LogP contribution < -0.4 is 10.1 Å². The summed E-state index contributed by atoms with van der Waals surface area (Å²) in [5, 5.41) is 2.94. The average molecular weight is 284 g/mol. The van der Waals surface area contributed by atoms with E-state index in [1.807, 2.05) is 42.6 Å². The minimum Gasteiger partial charge on any atom is -0.497 e. The predicted molar refractivity (Wildman–Crippen MR) is 82.3 cm³/mol. The zero-order chi connectivity index (χ0) is 14.9. The first-order valence-corrected chi connectivity index (χ1v) is 7.06. The molecule has 1 aromatic carbocycles. The summed E-state index contributed by atoms with van der Waals surface area (Å²) in [5.41, 5.74) is 2.18. The zero-order valence-corrected chi connectivity index (χ0v) is 12.2. The summed E-state index contributed by atoms with van der Waals surface area (Å²) in [4.78, 5) is 15.9. The lowest BCUT2D eigenvalue weighted by atomic mass is 10.1. The van der Waals surface area contributed by atoms with Crippen molar-refractivity contribution in [3.05, 3.63) is 59.9 Å². The van der Waals surface area contributed by atoms with Gasteiger partial charge in [0.2, 0.25) is 5.91 Å². The van der Waals surface area contributed by atoms with Gasteiger partial charge in [-0.1, -0.05) is 18.2 Å². The largest absolute Gasteiger partial charge is 0.497 e. The molecule has 0 bridgehead atoms. The highest BCUT2D eigenvalue weighted by atomic mass is 16.5. The van der Waals surface area contributed by atoms with Gasteiger partial charge in [-0.15, -0.1) is 0 Å². The molecule has 0 aliphatic heterocycles. The summed E-state index contributed by atoms with van der Waals surface area (Å²) < 4.78 is 5.09. The number of nitrogens with zero attached hydrogens (tertiary/aromatic N) is 1. The molecule has 0 atom stereocenters. The third-order valence-corrected chi connectivity index (χ3v) is 3.21. The number of aryl methyl sites for hydroxylation is 1. The molecule has 1 heterocycles.